The SMILES string of the molecule is C=CCSc1ccccc1NC1CCCCC1CC. The fourth-order valence-corrected chi connectivity index (χ4v) is 3.70. The third-order valence-electron chi connectivity index (χ3n) is 4.02. The van der Waals surface area contributed by atoms with Crippen molar-refractivity contribution in [3.8, 4) is 0 Å². The Labute approximate surface area is 121 Å². The van der Waals surface area contributed by atoms with Gasteiger partial charge in [-0.1, -0.05) is 44.4 Å². The summed E-state index contributed by atoms with van der Waals surface area (Å²) in [6.07, 6.45) is 8.74. The Kier molecular flexibility index (Phi) is 5.84. The van der Waals surface area contributed by atoms with Crippen molar-refractivity contribution in [3.63, 3.8) is 0 Å². The second-order valence-corrected chi connectivity index (χ2v) is 6.36. The van der Waals surface area contributed by atoms with Crippen LogP contribution in [-0.2, 0) is 0 Å². The highest BCUT2D eigenvalue weighted by molar-refractivity contribution is 7.99. The van der Waals surface area contributed by atoms with Crippen LogP contribution in [0, 0.1) is 5.92 Å². The summed E-state index contributed by atoms with van der Waals surface area (Å²) in [5, 5.41) is 3.80. The average Bonchev–Trinajstić information content (AvgIpc) is 2.47. The zero-order chi connectivity index (χ0) is 13.5. The second-order valence-electron chi connectivity index (χ2n) is 5.30. The number of hydrogen-bond donors (Lipinski definition) is 1. The molecule has 2 rings (SSSR count). The molecule has 1 saturated carbocycles. The Morgan fingerprint density at radius 1 is 1.32 bits per heavy atom. The Balaban J connectivity index is 2.06. The lowest BCUT2D eigenvalue weighted by Crippen LogP contribution is -2.31. The average molecular weight is 275 g/mol. The lowest BCUT2D eigenvalue weighted by molar-refractivity contribution is 0.317. The summed E-state index contributed by atoms with van der Waals surface area (Å²) < 4.78 is 0. The predicted octanol–water partition coefficient (Wildman–Crippen LogP) is 5.35. The van der Waals surface area contributed by atoms with Gasteiger partial charge < -0.3 is 5.32 Å². The molecule has 1 fully saturated rings. The molecule has 0 amide bonds. The molecule has 1 N–H and O–H groups in total. The summed E-state index contributed by atoms with van der Waals surface area (Å²) in [4.78, 5) is 1.35. The third-order valence-corrected chi connectivity index (χ3v) is 5.09. The van der Waals surface area contributed by atoms with Gasteiger partial charge in [0.05, 0.1) is 0 Å². The molecule has 2 unspecified atom stereocenters. The molecule has 0 aliphatic heterocycles. The third kappa shape index (κ3) is 4.04. The van der Waals surface area contributed by atoms with Crippen molar-refractivity contribution in [2.24, 2.45) is 5.92 Å². The molecular weight excluding hydrogens is 250 g/mol. The normalized spacial score (nSPS) is 23.0. The van der Waals surface area contributed by atoms with E-state index in [1.54, 1.807) is 0 Å². The molecule has 0 saturated heterocycles. The Bertz CT molecular complexity index is 402. The number of hydrogen-bond acceptors (Lipinski definition) is 2. The van der Waals surface area contributed by atoms with Crippen LogP contribution in [0.3, 0.4) is 0 Å². The van der Waals surface area contributed by atoms with Crippen LogP contribution in [0.15, 0.2) is 41.8 Å². The summed E-state index contributed by atoms with van der Waals surface area (Å²) in [6.45, 7) is 6.13. The van der Waals surface area contributed by atoms with Gasteiger partial charge in [0, 0.05) is 22.4 Å². The number of thioether (sulfide) groups is 1. The van der Waals surface area contributed by atoms with Gasteiger partial charge in [0.2, 0.25) is 0 Å². The summed E-state index contributed by atoms with van der Waals surface area (Å²) in [5.41, 5.74) is 1.31. The van der Waals surface area contributed by atoms with Gasteiger partial charge in [0.15, 0.2) is 0 Å². The standard InChI is InChI=1S/C17H25NS/c1-3-13-19-17-12-8-7-11-16(17)18-15-10-6-5-9-14(15)4-2/h3,7-8,11-12,14-15,18H,1,4-6,9-10,13H2,2H3. The van der Waals surface area contributed by atoms with Gasteiger partial charge in [-0.3, -0.25) is 0 Å². The maximum Gasteiger partial charge on any atom is 0.0480 e. The van der Waals surface area contributed by atoms with E-state index < -0.39 is 0 Å². The highest BCUT2D eigenvalue weighted by Crippen LogP contribution is 2.33. The van der Waals surface area contributed by atoms with Crippen LogP contribution in [0.25, 0.3) is 0 Å². The predicted molar refractivity (Wildman–Crippen MR) is 87.0 cm³/mol. The molecular formula is C17H25NS. The van der Waals surface area contributed by atoms with Crippen molar-refractivity contribution < 1.29 is 0 Å². The van der Waals surface area contributed by atoms with Gasteiger partial charge in [-0.15, -0.1) is 18.3 Å². The molecule has 2 atom stereocenters. The summed E-state index contributed by atoms with van der Waals surface area (Å²) in [5.74, 6) is 1.81. The molecule has 1 aliphatic carbocycles. The summed E-state index contributed by atoms with van der Waals surface area (Å²) >= 11 is 1.86. The summed E-state index contributed by atoms with van der Waals surface area (Å²) in [7, 11) is 0. The fourth-order valence-electron chi connectivity index (χ4n) is 2.95. The first-order valence-corrected chi connectivity index (χ1v) is 8.43. The molecule has 0 aromatic heterocycles. The van der Waals surface area contributed by atoms with E-state index in [4.69, 9.17) is 0 Å². The molecule has 1 nitrogen and oxygen atoms in total. The number of rotatable bonds is 6. The van der Waals surface area contributed by atoms with Crippen molar-refractivity contribution in [2.45, 2.75) is 50.0 Å². The molecule has 1 aliphatic rings. The topological polar surface area (TPSA) is 12.0 Å². The number of benzene rings is 1. The number of nitrogens with one attached hydrogen (secondary N) is 1. The first-order valence-electron chi connectivity index (χ1n) is 7.44. The van der Waals surface area contributed by atoms with Crippen molar-refractivity contribution in [1.82, 2.24) is 0 Å². The van der Waals surface area contributed by atoms with Crippen molar-refractivity contribution >= 4 is 17.4 Å². The highest BCUT2D eigenvalue weighted by Gasteiger charge is 2.23. The molecule has 0 heterocycles. The molecule has 2 heteroatoms. The first-order chi connectivity index (χ1) is 9.35. The minimum absolute atomic E-state index is 0.657. The van der Waals surface area contributed by atoms with E-state index in [9.17, 15) is 0 Å². The largest absolute Gasteiger partial charge is 0.381 e. The second kappa shape index (κ2) is 7.64. The Morgan fingerprint density at radius 3 is 2.89 bits per heavy atom. The van der Waals surface area contributed by atoms with Gasteiger partial charge in [-0.25, -0.2) is 0 Å². The van der Waals surface area contributed by atoms with E-state index in [1.165, 1.54) is 42.7 Å². The van der Waals surface area contributed by atoms with Crippen molar-refractivity contribution in [1.29, 1.82) is 0 Å². The van der Waals surface area contributed by atoms with Crippen LogP contribution < -0.4 is 5.32 Å². The van der Waals surface area contributed by atoms with Crippen LogP contribution in [0.4, 0.5) is 5.69 Å². The fraction of sp³-hybridized carbons (Fsp3) is 0.529. The maximum absolute atomic E-state index is 3.81. The van der Waals surface area contributed by atoms with Crippen LogP contribution >= 0.6 is 11.8 Å². The zero-order valence-electron chi connectivity index (χ0n) is 11.9. The van der Waals surface area contributed by atoms with E-state index >= 15 is 0 Å². The van der Waals surface area contributed by atoms with Crippen LogP contribution in [0.5, 0.6) is 0 Å². The molecule has 19 heavy (non-hydrogen) atoms. The highest BCUT2D eigenvalue weighted by atomic mass is 32.2. The van der Waals surface area contributed by atoms with Gasteiger partial charge >= 0.3 is 0 Å². The summed E-state index contributed by atoms with van der Waals surface area (Å²) in [6, 6.07) is 9.33. The van der Waals surface area contributed by atoms with Gasteiger partial charge in [-0.05, 0) is 30.9 Å². The van der Waals surface area contributed by atoms with E-state index in [1.807, 2.05) is 17.8 Å². The Hall–Kier alpha value is -0.890. The molecule has 0 spiro atoms. The monoisotopic (exact) mass is 275 g/mol. The van der Waals surface area contributed by atoms with E-state index in [2.05, 4.69) is 43.1 Å². The quantitative estimate of drug-likeness (QED) is 0.555. The van der Waals surface area contributed by atoms with Gasteiger partial charge in [0.25, 0.3) is 0 Å². The van der Waals surface area contributed by atoms with Gasteiger partial charge in [0.1, 0.15) is 0 Å². The van der Waals surface area contributed by atoms with E-state index in [0.29, 0.717) is 6.04 Å². The lowest BCUT2D eigenvalue weighted by atomic mass is 9.83. The van der Waals surface area contributed by atoms with Crippen molar-refractivity contribution in [2.75, 3.05) is 11.1 Å². The van der Waals surface area contributed by atoms with E-state index in [0.717, 1.165) is 11.7 Å². The van der Waals surface area contributed by atoms with Crippen LogP contribution in [-0.4, -0.2) is 11.8 Å². The minimum Gasteiger partial charge on any atom is -0.381 e. The molecule has 0 radical (unpaired) electrons. The number of para-hydroxylation sites is 1. The first kappa shape index (κ1) is 14.5. The van der Waals surface area contributed by atoms with Crippen LogP contribution in [0.1, 0.15) is 39.0 Å². The van der Waals surface area contributed by atoms with Crippen molar-refractivity contribution in [3.05, 3.63) is 36.9 Å². The molecule has 1 aromatic carbocycles. The molecule has 0 bridgehead atoms. The van der Waals surface area contributed by atoms with Crippen LogP contribution in [0.2, 0.25) is 0 Å². The smallest absolute Gasteiger partial charge is 0.0480 e. The molecule has 104 valence electrons. The van der Waals surface area contributed by atoms with E-state index in [-0.39, 0.29) is 0 Å². The number of anilines is 1. The zero-order valence-corrected chi connectivity index (χ0v) is 12.7. The Morgan fingerprint density at radius 2 is 2.11 bits per heavy atom. The molecule has 1 aromatic rings. The minimum atomic E-state index is 0.657. The maximum atomic E-state index is 3.81. The van der Waals surface area contributed by atoms with Gasteiger partial charge in [-0.2, -0.15) is 0 Å². The lowest BCUT2D eigenvalue weighted by Gasteiger charge is -2.32.